The lowest BCUT2D eigenvalue weighted by Crippen LogP contribution is -2.49. The third kappa shape index (κ3) is 4.84. The third-order valence-corrected chi connectivity index (χ3v) is 5.95. The van der Waals surface area contributed by atoms with Crippen molar-refractivity contribution in [3.05, 3.63) is 57.6 Å². The lowest BCUT2D eigenvalue weighted by Gasteiger charge is -2.35. The Balaban J connectivity index is 1.92. The van der Waals surface area contributed by atoms with E-state index in [1.54, 1.807) is 31.2 Å². The van der Waals surface area contributed by atoms with Crippen LogP contribution in [0.2, 0.25) is 10.0 Å². The van der Waals surface area contributed by atoms with Crippen LogP contribution in [0.5, 0.6) is 0 Å². The average Bonchev–Trinajstić information content (AvgIpc) is 2.74. The summed E-state index contributed by atoms with van der Waals surface area (Å²) >= 11 is 12.0. The first-order chi connectivity index (χ1) is 14.5. The van der Waals surface area contributed by atoms with Gasteiger partial charge in [-0.1, -0.05) is 37.0 Å². The molecule has 31 heavy (non-hydrogen) atoms. The summed E-state index contributed by atoms with van der Waals surface area (Å²) in [4.78, 5) is 39.7. The van der Waals surface area contributed by atoms with Gasteiger partial charge in [-0.25, -0.2) is 0 Å². The highest BCUT2D eigenvalue weighted by molar-refractivity contribution is 6.42. The Morgan fingerprint density at radius 3 is 2.45 bits per heavy atom. The number of hydrogen-bond acceptors (Lipinski definition) is 4. The van der Waals surface area contributed by atoms with Crippen molar-refractivity contribution < 1.29 is 14.4 Å². The molecule has 1 aliphatic heterocycles. The number of anilines is 2. The van der Waals surface area contributed by atoms with Crippen molar-refractivity contribution >= 4 is 52.3 Å². The van der Waals surface area contributed by atoms with Crippen LogP contribution in [0.3, 0.4) is 0 Å². The predicted octanol–water partition coefficient (Wildman–Crippen LogP) is 3.70. The topological polar surface area (TPSA) is 105 Å². The molecule has 3 amide bonds. The minimum absolute atomic E-state index is 0.239. The van der Waals surface area contributed by atoms with Gasteiger partial charge < -0.3 is 16.4 Å². The zero-order valence-corrected chi connectivity index (χ0v) is 19.0. The zero-order chi connectivity index (χ0) is 22.9. The van der Waals surface area contributed by atoms with E-state index in [4.69, 9.17) is 28.9 Å². The lowest BCUT2D eigenvalue weighted by molar-refractivity contribution is -0.117. The SMILES string of the molecule is CC1C(=O)Nc2cc(C(=O)NCC(C)(C)CN)ccc2N1C(=O)c1ccc(Cl)c(Cl)c1. The van der Waals surface area contributed by atoms with Crippen molar-refractivity contribution in [3.63, 3.8) is 0 Å². The molecule has 164 valence electrons. The van der Waals surface area contributed by atoms with Crippen molar-refractivity contribution in [1.29, 1.82) is 0 Å². The van der Waals surface area contributed by atoms with E-state index in [0.717, 1.165) is 0 Å². The van der Waals surface area contributed by atoms with E-state index in [9.17, 15) is 14.4 Å². The molecular formula is C22H24Cl2N4O3. The Kier molecular flexibility index (Phi) is 6.59. The quantitative estimate of drug-likeness (QED) is 0.629. The number of nitrogens with zero attached hydrogens (tertiary/aromatic N) is 1. The van der Waals surface area contributed by atoms with E-state index in [0.29, 0.717) is 40.6 Å². The van der Waals surface area contributed by atoms with Crippen molar-refractivity contribution in [2.45, 2.75) is 26.8 Å². The molecule has 0 saturated heterocycles. The van der Waals surface area contributed by atoms with E-state index in [2.05, 4.69) is 10.6 Å². The van der Waals surface area contributed by atoms with Gasteiger partial charge in [0.2, 0.25) is 5.91 Å². The van der Waals surface area contributed by atoms with Crippen LogP contribution in [0, 0.1) is 5.41 Å². The van der Waals surface area contributed by atoms with E-state index in [1.807, 2.05) is 13.8 Å². The average molecular weight is 463 g/mol. The number of amides is 3. The molecule has 2 aromatic carbocycles. The van der Waals surface area contributed by atoms with Crippen LogP contribution in [0.25, 0.3) is 0 Å². The second kappa shape index (κ2) is 8.86. The fourth-order valence-electron chi connectivity index (χ4n) is 3.10. The fourth-order valence-corrected chi connectivity index (χ4v) is 3.40. The first kappa shape index (κ1) is 23.1. The van der Waals surface area contributed by atoms with Gasteiger partial charge in [-0.3, -0.25) is 19.3 Å². The molecule has 0 aromatic heterocycles. The van der Waals surface area contributed by atoms with Gasteiger partial charge in [0.25, 0.3) is 11.8 Å². The summed E-state index contributed by atoms with van der Waals surface area (Å²) in [7, 11) is 0. The number of fused-ring (bicyclic) bond motifs is 1. The molecule has 1 atom stereocenters. The summed E-state index contributed by atoms with van der Waals surface area (Å²) in [6, 6.07) is 8.61. The maximum Gasteiger partial charge on any atom is 0.259 e. The normalized spacial score (nSPS) is 15.9. The van der Waals surface area contributed by atoms with Crippen molar-refractivity contribution in [3.8, 4) is 0 Å². The molecule has 1 aliphatic rings. The molecule has 1 unspecified atom stereocenters. The molecule has 9 heteroatoms. The summed E-state index contributed by atoms with van der Waals surface area (Å²) in [6.07, 6.45) is 0. The van der Waals surface area contributed by atoms with E-state index in [1.165, 1.54) is 17.0 Å². The molecule has 4 N–H and O–H groups in total. The number of benzene rings is 2. The highest BCUT2D eigenvalue weighted by Crippen LogP contribution is 2.35. The Bertz CT molecular complexity index is 1060. The van der Waals surface area contributed by atoms with E-state index >= 15 is 0 Å². The van der Waals surface area contributed by atoms with Crippen LogP contribution >= 0.6 is 23.2 Å². The monoisotopic (exact) mass is 462 g/mol. The first-order valence-corrected chi connectivity index (χ1v) is 10.5. The number of nitrogens with two attached hydrogens (primary N) is 1. The van der Waals surface area contributed by atoms with Gasteiger partial charge in [0, 0.05) is 17.7 Å². The van der Waals surface area contributed by atoms with E-state index < -0.39 is 11.9 Å². The van der Waals surface area contributed by atoms with Crippen LogP contribution in [-0.4, -0.2) is 36.9 Å². The smallest absolute Gasteiger partial charge is 0.259 e. The Labute approximate surface area is 190 Å². The van der Waals surface area contributed by atoms with Crippen molar-refractivity contribution in [1.82, 2.24) is 5.32 Å². The van der Waals surface area contributed by atoms with Crippen molar-refractivity contribution in [2.24, 2.45) is 11.1 Å². The molecule has 2 aromatic rings. The Morgan fingerprint density at radius 1 is 1.13 bits per heavy atom. The van der Waals surface area contributed by atoms with Crippen molar-refractivity contribution in [2.75, 3.05) is 23.3 Å². The predicted molar refractivity (Wildman–Crippen MR) is 123 cm³/mol. The highest BCUT2D eigenvalue weighted by atomic mass is 35.5. The summed E-state index contributed by atoms with van der Waals surface area (Å²) in [5.74, 6) is -1.05. The molecular weight excluding hydrogens is 439 g/mol. The van der Waals surface area contributed by atoms with Gasteiger partial charge in [0.05, 0.1) is 21.4 Å². The molecule has 1 heterocycles. The van der Waals surface area contributed by atoms with Gasteiger partial charge in [-0.05, 0) is 55.3 Å². The number of halogens is 2. The molecule has 0 spiro atoms. The van der Waals surface area contributed by atoms with Gasteiger partial charge in [0.1, 0.15) is 6.04 Å². The van der Waals surface area contributed by atoms with Crippen LogP contribution in [0.1, 0.15) is 41.5 Å². The molecule has 0 bridgehead atoms. The lowest BCUT2D eigenvalue weighted by atomic mass is 9.94. The second-order valence-electron chi connectivity index (χ2n) is 8.25. The van der Waals surface area contributed by atoms with Gasteiger partial charge in [-0.15, -0.1) is 0 Å². The van der Waals surface area contributed by atoms with Crippen LogP contribution < -0.4 is 21.3 Å². The number of rotatable bonds is 5. The standard InChI is InChI=1S/C22H24Cl2N4O3/c1-12-19(29)27-17-9-13(20(30)26-11-22(2,3)10-25)5-7-18(17)28(12)21(31)14-4-6-15(23)16(24)8-14/h4-9,12H,10-11,25H2,1-3H3,(H,26,30)(H,27,29). The van der Waals surface area contributed by atoms with Crippen LogP contribution in [-0.2, 0) is 4.79 Å². The number of carbonyl (C=O) groups excluding carboxylic acids is 3. The number of hydrogen-bond donors (Lipinski definition) is 3. The highest BCUT2D eigenvalue weighted by Gasteiger charge is 2.35. The number of nitrogens with one attached hydrogen (secondary N) is 2. The molecule has 0 radical (unpaired) electrons. The minimum Gasteiger partial charge on any atom is -0.351 e. The molecule has 3 rings (SSSR count). The second-order valence-corrected chi connectivity index (χ2v) is 9.07. The van der Waals surface area contributed by atoms with Gasteiger partial charge in [-0.2, -0.15) is 0 Å². The molecule has 0 saturated carbocycles. The Hall–Kier alpha value is -2.61. The maximum absolute atomic E-state index is 13.2. The number of carbonyl (C=O) groups is 3. The molecule has 0 fully saturated rings. The summed E-state index contributed by atoms with van der Waals surface area (Å²) in [6.45, 7) is 6.37. The summed E-state index contributed by atoms with van der Waals surface area (Å²) < 4.78 is 0. The van der Waals surface area contributed by atoms with Gasteiger partial charge in [0.15, 0.2) is 0 Å². The first-order valence-electron chi connectivity index (χ1n) is 9.76. The molecule has 7 nitrogen and oxygen atoms in total. The largest absolute Gasteiger partial charge is 0.351 e. The summed E-state index contributed by atoms with van der Waals surface area (Å²) in [5.41, 5.74) is 7.00. The van der Waals surface area contributed by atoms with Gasteiger partial charge >= 0.3 is 0 Å². The van der Waals surface area contributed by atoms with Crippen LogP contribution in [0.4, 0.5) is 11.4 Å². The third-order valence-electron chi connectivity index (χ3n) is 5.21. The Morgan fingerprint density at radius 2 is 1.81 bits per heavy atom. The van der Waals surface area contributed by atoms with Crippen LogP contribution in [0.15, 0.2) is 36.4 Å². The fraction of sp³-hybridized carbons (Fsp3) is 0.318. The zero-order valence-electron chi connectivity index (χ0n) is 17.5. The maximum atomic E-state index is 13.2. The molecule has 0 aliphatic carbocycles. The summed E-state index contributed by atoms with van der Waals surface area (Å²) in [5, 5.41) is 6.19. The minimum atomic E-state index is -0.750. The van der Waals surface area contributed by atoms with E-state index in [-0.39, 0.29) is 22.3 Å².